The third-order valence-corrected chi connectivity index (χ3v) is 2.37. The van der Waals surface area contributed by atoms with Crippen molar-refractivity contribution in [2.45, 2.75) is 12.8 Å². The molecule has 0 amide bonds. The lowest BCUT2D eigenvalue weighted by Crippen LogP contribution is -2.30. The molecule has 0 aromatic heterocycles. The highest BCUT2D eigenvalue weighted by Crippen LogP contribution is 2.18. The summed E-state index contributed by atoms with van der Waals surface area (Å²) >= 11 is 0. The summed E-state index contributed by atoms with van der Waals surface area (Å²) in [7, 11) is 0. The van der Waals surface area contributed by atoms with Crippen molar-refractivity contribution in [2.24, 2.45) is 0 Å². The van der Waals surface area contributed by atoms with Gasteiger partial charge in [0.15, 0.2) is 6.29 Å². The Kier molecular flexibility index (Phi) is 2.83. The van der Waals surface area contributed by atoms with Crippen LogP contribution < -0.4 is 0 Å². The van der Waals surface area contributed by atoms with Crippen molar-refractivity contribution in [2.75, 3.05) is 6.54 Å². The fourth-order valence-electron chi connectivity index (χ4n) is 1.68. The number of aldehydes is 1. The van der Waals surface area contributed by atoms with E-state index < -0.39 is 6.23 Å². The van der Waals surface area contributed by atoms with Crippen molar-refractivity contribution < 1.29 is 9.53 Å². The molecule has 1 saturated heterocycles. The first kappa shape index (κ1) is 9.93. The fraction of sp³-hybridized carbons (Fsp3) is 0.250. The van der Waals surface area contributed by atoms with Crippen LogP contribution >= 0.6 is 0 Å². The van der Waals surface area contributed by atoms with Crippen molar-refractivity contribution in [3.8, 4) is 0 Å². The molecule has 1 aromatic carbocycles. The highest BCUT2D eigenvalue weighted by Gasteiger charge is 2.27. The van der Waals surface area contributed by atoms with Gasteiger partial charge in [-0.15, -0.1) is 0 Å². The van der Waals surface area contributed by atoms with Gasteiger partial charge < -0.3 is 4.74 Å². The van der Waals surface area contributed by atoms with Gasteiger partial charge >= 0.3 is 0 Å². The van der Waals surface area contributed by atoms with E-state index >= 15 is 0 Å². The minimum absolute atomic E-state index is 0.474. The van der Waals surface area contributed by atoms with E-state index in [-0.39, 0.29) is 0 Å². The molecule has 1 unspecified atom stereocenters. The standard InChI is InChI=1S/C12H13NO2/c1-10-7-13(12(9-14)15-10)8-11-5-3-2-4-6-11/h2-6,9,12H,1,7-8H2. The quantitative estimate of drug-likeness (QED) is 0.698. The van der Waals surface area contributed by atoms with Crippen LogP contribution in [0.4, 0.5) is 0 Å². The van der Waals surface area contributed by atoms with Gasteiger partial charge in [0.05, 0.1) is 6.54 Å². The molecule has 1 atom stereocenters. The Bertz CT molecular complexity index is 361. The van der Waals surface area contributed by atoms with Crippen molar-refractivity contribution in [3.05, 3.63) is 48.2 Å². The number of hydrogen-bond donors (Lipinski definition) is 0. The topological polar surface area (TPSA) is 29.5 Å². The largest absolute Gasteiger partial charge is 0.472 e. The number of benzene rings is 1. The summed E-state index contributed by atoms with van der Waals surface area (Å²) in [6.45, 7) is 5.06. The maximum absolute atomic E-state index is 10.7. The first-order valence-corrected chi connectivity index (χ1v) is 4.87. The molecule has 1 aromatic rings. The minimum atomic E-state index is -0.474. The Morgan fingerprint density at radius 3 is 2.87 bits per heavy atom. The molecule has 1 fully saturated rings. The minimum Gasteiger partial charge on any atom is -0.472 e. The second-order valence-corrected chi connectivity index (χ2v) is 3.57. The molecule has 0 spiro atoms. The van der Waals surface area contributed by atoms with Gasteiger partial charge in [0.2, 0.25) is 6.23 Å². The molecule has 1 aliphatic heterocycles. The van der Waals surface area contributed by atoms with Crippen molar-refractivity contribution in [3.63, 3.8) is 0 Å². The van der Waals surface area contributed by atoms with Gasteiger partial charge in [-0.1, -0.05) is 36.9 Å². The van der Waals surface area contributed by atoms with Gasteiger partial charge in [-0.25, -0.2) is 0 Å². The zero-order valence-corrected chi connectivity index (χ0v) is 8.43. The van der Waals surface area contributed by atoms with Crippen LogP contribution in [0.1, 0.15) is 5.56 Å². The number of nitrogens with zero attached hydrogens (tertiary/aromatic N) is 1. The zero-order valence-electron chi connectivity index (χ0n) is 8.43. The molecule has 0 aliphatic carbocycles. The zero-order chi connectivity index (χ0) is 10.7. The molecule has 3 heteroatoms. The molecule has 15 heavy (non-hydrogen) atoms. The van der Waals surface area contributed by atoms with Gasteiger partial charge in [0, 0.05) is 6.54 Å². The average molecular weight is 203 g/mol. The predicted octanol–water partition coefficient (Wildman–Crippen LogP) is 1.56. The second-order valence-electron chi connectivity index (χ2n) is 3.57. The SMILES string of the molecule is C=C1CN(Cc2ccccc2)C(C=O)O1. The molecule has 2 rings (SSSR count). The predicted molar refractivity (Wildman–Crippen MR) is 56.9 cm³/mol. The molecule has 0 N–H and O–H groups in total. The van der Waals surface area contributed by atoms with Crippen LogP contribution in [-0.4, -0.2) is 24.0 Å². The summed E-state index contributed by atoms with van der Waals surface area (Å²) in [4.78, 5) is 12.7. The lowest BCUT2D eigenvalue weighted by atomic mass is 10.2. The third-order valence-electron chi connectivity index (χ3n) is 2.37. The van der Waals surface area contributed by atoms with E-state index in [0.29, 0.717) is 18.8 Å². The Hall–Kier alpha value is -1.61. The van der Waals surface area contributed by atoms with Crippen LogP contribution in [0.2, 0.25) is 0 Å². The van der Waals surface area contributed by atoms with Crippen LogP contribution in [-0.2, 0) is 16.1 Å². The number of hydrogen-bond acceptors (Lipinski definition) is 3. The van der Waals surface area contributed by atoms with Crippen molar-refractivity contribution >= 4 is 6.29 Å². The van der Waals surface area contributed by atoms with Crippen LogP contribution in [0.5, 0.6) is 0 Å². The number of rotatable bonds is 3. The van der Waals surface area contributed by atoms with E-state index in [1.807, 2.05) is 35.2 Å². The summed E-state index contributed by atoms with van der Waals surface area (Å²) in [5.41, 5.74) is 1.17. The molecule has 1 heterocycles. The molecule has 0 bridgehead atoms. The maximum Gasteiger partial charge on any atom is 0.209 e. The molecular weight excluding hydrogens is 190 g/mol. The van der Waals surface area contributed by atoms with Gasteiger partial charge in [0.25, 0.3) is 0 Å². The summed E-state index contributed by atoms with van der Waals surface area (Å²) in [6, 6.07) is 10.0. The van der Waals surface area contributed by atoms with E-state index in [1.165, 1.54) is 5.56 Å². The average Bonchev–Trinajstić information content (AvgIpc) is 2.60. The van der Waals surface area contributed by atoms with E-state index in [1.54, 1.807) is 0 Å². The first-order chi connectivity index (χ1) is 7.29. The highest BCUT2D eigenvalue weighted by atomic mass is 16.5. The van der Waals surface area contributed by atoms with Crippen molar-refractivity contribution in [1.82, 2.24) is 4.90 Å². The van der Waals surface area contributed by atoms with E-state index in [9.17, 15) is 4.79 Å². The normalized spacial score (nSPS) is 21.3. The summed E-state index contributed by atoms with van der Waals surface area (Å²) in [5.74, 6) is 0.656. The Morgan fingerprint density at radius 1 is 1.47 bits per heavy atom. The molecule has 0 radical (unpaired) electrons. The van der Waals surface area contributed by atoms with E-state index in [2.05, 4.69) is 6.58 Å². The van der Waals surface area contributed by atoms with Crippen LogP contribution in [0.15, 0.2) is 42.7 Å². The highest BCUT2D eigenvalue weighted by molar-refractivity contribution is 5.56. The van der Waals surface area contributed by atoms with Gasteiger partial charge in [-0.05, 0) is 5.56 Å². The first-order valence-electron chi connectivity index (χ1n) is 4.87. The van der Waals surface area contributed by atoms with Crippen molar-refractivity contribution in [1.29, 1.82) is 0 Å². The van der Waals surface area contributed by atoms with Gasteiger partial charge in [-0.2, -0.15) is 0 Å². The van der Waals surface area contributed by atoms with E-state index in [0.717, 1.165) is 6.29 Å². The van der Waals surface area contributed by atoms with E-state index in [4.69, 9.17) is 4.74 Å². The third kappa shape index (κ3) is 2.25. The molecule has 1 aliphatic rings. The summed E-state index contributed by atoms with van der Waals surface area (Å²) in [5, 5.41) is 0. The van der Waals surface area contributed by atoms with Crippen LogP contribution in [0, 0.1) is 0 Å². The number of ether oxygens (including phenoxy) is 1. The monoisotopic (exact) mass is 203 g/mol. The fourth-order valence-corrected chi connectivity index (χ4v) is 1.68. The van der Waals surface area contributed by atoms with Crippen LogP contribution in [0.3, 0.4) is 0 Å². The molecular formula is C12H13NO2. The molecule has 0 saturated carbocycles. The second kappa shape index (κ2) is 4.28. The number of carbonyl (C=O) groups is 1. The maximum atomic E-state index is 10.7. The summed E-state index contributed by atoms with van der Waals surface area (Å²) in [6.07, 6.45) is 0.332. The lowest BCUT2D eigenvalue weighted by molar-refractivity contribution is -0.120. The van der Waals surface area contributed by atoms with Gasteiger partial charge in [0.1, 0.15) is 5.76 Å². The molecule has 78 valence electrons. The van der Waals surface area contributed by atoms with Crippen LogP contribution in [0.25, 0.3) is 0 Å². The molecule has 3 nitrogen and oxygen atoms in total. The Labute approximate surface area is 89.0 Å². The Balaban J connectivity index is 2.06. The van der Waals surface area contributed by atoms with Gasteiger partial charge in [-0.3, -0.25) is 9.69 Å². The lowest BCUT2D eigenvalue weighted by Gasteiger charge is -2.16. The summed E-state index contributed by atoms with van der Waals surface area (Å²) < 4.78 is 5.26. The number of carbonyl (C=O) groups excluding carboxylic acids is 1. The Morgan fingerprint density at radius 2 is 2.20 bits per heavy atom. The smallest absolute Gasteiger partial charge is 0.209 e.